The number of para-hydroxylation sites is 1. The topological polar surface area (TPSA) is 90.0 Å². The molecule has 38 heavy (non-hydrogen) atoms. The van der Waals surface area contributed by atoms with Gasteiger partial charge in [0.25, 0.3) is 0 Å². The number of amides is 2. The predicted molar refractivity (Wildman–Crippen MR) is 146 cm³/mol. The van der Waals surface area contributed by atoms with Crippen molar-refractivity contribution in [3.8, 4) is 0 Å². The van der Waals surface area contributed by atoms with Gasteiger partial charge in [0.1, 0.15) is 12.1 Å². The number of hydrogen-bond donors (Lipinski definition) is 1. The molecule has 0 unspecified atom stereocenters. The lowest BCUT2D eigenvalue weighted by Crippen LogP contribution is -2.57. The second kappa shape index (κ2) is 10.6. The van der Waals surface area contributed by atoms with Crippen molar-refractivity contribution >= 4 is 27.5 Å². The van der Waals surface area contributed by atoms with E-state index >= 15 is 0 Å². The molecule has 2 heterocycles. The van der Waals surface area contributed by atoms with Gasteiger partial charge in [0.15, 0.2) is 0 Å². The van der Waals surface area contributed by atoms with E-state index in [0.717, 1.165) is 16.8 Å². The maximum atomic E-state index is 13.9. The summed E-state index contributed by atoms with van der Waals surface area (Å²) in [5, 5.41) is 2.90. The third-order valence-electron chi connectivity index (χ3n) is 7.46. The van der Waals surface area contributed by atoms with Crippen LogP contribution in [-0.2, 0) is 26.2 Å². The largest absolute Gasteiger partial charge is 0.350 e. The number of rotatable bonds is 7. The molecule has 2 amide bonds. The number of sulfonamides is 1. The minimum atomic E-state index is -3.67. The quantitative estimate of drug-likeness (QED) is 0.505. The molecule has 0 aliphatic carbocycles. The van der Waals surface area contributed by atoms with Gasteiger partial charge in [-0.25, -0.2) is 8.42 Å². The monoisotopic (exact) mass is 532 g/mol. The van der Waals surface area contributed by atoms with Crippen molar-refractivity contribution in [2.75, 3.05) is 31.2 Å². The lowest BCUT2D eigenvalue weighted by atomic mass is 9.86. The Morgan fingerprint density at radius 3 is 2.13 bits per heavy atom. The van der Waals surface area contributed by atoms with Gasteiger partial charge >= 0.3 is 0 Å². The summed E-state index contributed by atoms with van der Waals surface area (Å²) in [4.78, 5) is 30.5. The van der Waals surface area contributed by atoms with E-state index in [1.165, 1.54) is 4.31 Å². The molecule has 2 aliphatic rings. The van der Waals surface area contributed by atoms with Crippen LogP contribution in [0.5, 0.6) is 0 Å². The first-order valence-electron chi connectivity index (χ1n) is 12.8. The first-order chi connectivity index (χ1) is 18.3. The number of anilines is 1. The Balaban J connectivity index is 1.33. The summed E-state index contributed by atoms with van der Waals surface area (Å²) in [6.45, 7) is 2.97. The molecular formula is C29H32N4O4S. The van der Waals surface area contributed by atoms with E-state index in [1.807, 2.05) is 72.5 Å². The Hall–Kier alpha value is -3.69. The smallest absolute Gasteiger partial charge is 0.250 e. The van der Waals surface area contributed by atoms with Crippen LogP contribution in [0, 0.1) is 6.92 Å². The zero-order valence-corrected chi connectivity index (χ0v) is 22.2. The normalized spacial score (nSPS) is 17.7. The number of nitrogens with one attached hydrogen (secondary N) is 1. The van der Waals surface area contributed by atoms with Crippen LogP contribution < -0.4 is 10.2 Å². The van der Waals surface area contributed by atoms with Crippen LogP contribution in [0.3, 0.4) is 0 Å². The molecule has 8 nitrogen and oxygen atoms in total. The highest BCUT2D eigenvalue weighted by Gasteiger charge is 2.55. The third kappa shape index (κ3) is 5.04. The molecule has 1 N–H and O–H groups in total. The first-order valence-corrected chi connectivity index (χ1v) is 14.2. The van der Waals surface area contributed by atoms with Crippen LogP contribution in [0.25, 0.3) is 0 Å². The van der Waals surface area contributed by atoms with Crippen molar-refractivity contribution in [3.05, 3.63) is 96.1 Å². The predicted octanol–water partition coefficient (Wildman–Crippen LogP) is 3.14. The Morgan fingerprint density at radius 1 is 0.895 bits per heavy atom. The molecule has 9 heteroatoms. The molecule has 0 saturated carbocycles. The van der Waals surface area contributed by atoms with Crippen molar-refractivity contribution in [2.24, 2.45) is 0 Å². The Morgan fingerprint density at radius 2 is 1.50 bits per heavy atom. The molecule has 2 aliphatic heterocycles. The molecule has 5 rings (SSSR count). The zero-order chi connectivity index (χ0) is 26.8. The molecule has 198 valence electrons. The maximum Gasteiger partial charge on any atom is 0.250 e. The lowest BCUT2D eigenvalue weighted by Gasteiger charge is -2.42. The van der Waals surface area contributed by atoms with E-state index in [2.05, 4.69) is 5.32 Å². The van der Waals surface area contributed by atoms with Gasteiger partial charge in [-0.15, -0.1) is 0 Å². The lowest BCUT2D eigenvalue weighted by molar-refractivity contribution is -0.137. The van der Waals surface area contributed by atoms with Crippen LogP contribution in [0.2, 0.25) is 0 Å². The van der Waals surface area contributed by atoms with Gasteiger partial charge in [0.2, 0.25) is 21.8 Å². The van der Waals surface area contributed by atoms with Gasteiger partial charge in [-0.2, -0.15) is 4.31 Å². The molecule has 3 aromatic carbocycles. The Kier molecular flexibility index (Phi) is 7.23. The summed E-state index contributed by atoms with van der Waals surface area (Å²) in [5.41, 5.74) is 1.95. The van der Waals surface area contributed by atoms with Crippen molar-refractivity contribution in [2.45, 2.75) is 36.7 Å². The second-order valence-corrected chi connectivity index (χ2v) is 11.9. The van der Waals surface area contributed by atoms with Crippen molar-refractivity contribution < 1.29 is 18.0 Å². The molecule has 0 radical (unpaired) electrons. The molecular weight excluding hydrogens is 500 g/mol. The van der Waals surface area contributed by atoms with Gasteiger partial charge in [0, 0.05) is 25.3 Å². The Bertz CT molecular complexity index is 1390. The number of aryl methyl sites for hydroxylation is 1. The highest BCUT2D eigenvalue weighted by molar-refractivity contribution is 7.89. The molecule has 2 fully saturated rings. The van der Waals surface area contributed by atoms with Gasteiger partial charge in [0.05, 0.1) is 11.6 Å². The second-order valence-electron chi connectivity index (χ2n) is 9.92. The molecule has 2 saturated heterocycles. The highest BCUT2D eigenvalue weighted by atomic mass is 32.2. The highest BCUT2D eigenvalue weighted by Crippen LogP contribution is 2.40. The molecule has 0 aromatic heterocycles. The van der Waals surface area contributed by atoms with Crippen molar-refractivity contribution in [1.29, 1.82) is 0 Å². The molecule has 3 aromatic rings. The van der Waals surface area contributed by atoms with E-state index in [1.54, 1.807) is 29.2 Å². The molecule has 0 atom stereocenters. The molecule has 0 bridgehead atoms. The van der Waals surface area contributed by atoms with E-state index in [0.29, 0.717) is 19.4 Å². The van der Waals surface area contributed by atoms with Crippen molar-refractivity contribution in [1.82, 2.24) is 14.5 Å². The molecule has 1 spiro atoms. The fourth-order valence-electron chi connectivity index (χ4n) is 5.30. The summed E-state index contributed by atoms with van der Waals surface area (Å²) in [7, 11) is -3.67. The Labute approximate surface area is 223 Å². The van der Waals surface area contributed by atoms with Gasteiger partial charge < -0.3 is 15.1 Å². The summed E-state index contributed by atoms with van der Waals surface area (Å²) in [6.07, 6.45) is 0.682. The fourth-order valence-corrected chi connectivity index (χ4v) is 6.75. The van der Waals surface area contributed by atoms with E-state index in [9.17, 15) is 18.0 Å². The minimum absolute atomic E-state index is 0.0534. The van der Waals surface area contributed by atoms with E-state index in [-0.39, 0.29) is 43.0 Å². The number of carbonyl (C=O) groups excluding carboxylic acids is 2. The standard InChI is InChI=1S/C29H32N4O4S/c1-23-12-14-26(15-13-23)38(36,37)32-18-16-29(17-19-32)28(35)31(22-33(29)25-10-6-3-7-11-25)21-27(34)30-20-24-8-4-2-5-9-24/h2-15H,16-22H2,1H3,(H,30,34). The van der Waals surface area contributed by atoms with Gasteiger partial charge in [-0.05, 0) is 49.6 Å². The van der Waals surface area contributed by atoms with Crippen LogP contribution in [0.15, 0.2) is 89.8 Å². The van der Waals surface area contributed by atoms with E-state index < -0.39 is 15.6 Å². The first kappa shape index (κ1) is 25.9. The summed E-state index contributed by atoms with van der Waals surface area (Å²) in [6, 6.07) is 26.1. The zero-order valence-electron chi connectivity index (χ0n) is 21.4. The third-order valence-corrected chi connectivity index (χ3v) is 9.37. The number of benzene rings is 3. The fraction of sp³-hybridized carbons (Fsp3) is 0.310. The summed E-state index contributed by atoms with van der Waals surface area (Å²) in [5.74, 6) is -0.366. The average Bonchev–Trinajstić information content (AvgIpc) is 3.19. The number of nitrogens with zero attached hydrogens (tertiary/aromatic N) is 3. The maximum absolute atomic E-state index is 13.9. The van der Waals surface area contributed by atoms with Crippen LogP contribution >= 0.6 is 0 Å². The van der Waals surface area contributed by atoms with Crippen LogP contribution in [0.4, 0.5) is 5.69 Å². The average molecular weight is 533 g/mol. The van der Waals surface area contributed by atoms with Crippen LogP contribution in [-0.4, -0.2) is 61.3 Å². The minimum Gasteiger partial charge on any atom is -0.350 e. The van der Waals surface area contributed by atoms with Crippen LogP contribution in [0.1, 0.15) is 24.0 Å². The van der Waals surface area contributed by atoms with Crippen molar-refractivity contribution in [3.63, 3.8) is 0 Å². The summed E-state index contributed by atoms with van der Waals surface area (Å²) < 4.78 is 28.1. The number of carbonyl (C=O) groups is 2. The number of hydrogen-bond acceptors (Lipinski definition) is 5. The van der Waals surface area contributed by atoms with Gasteiger partial charge in [-0.1, -0.05) is 66.2 Å². The number of piperidine rings is 1. The van der Waals surface area contributed by atoms with E-state index in [4.69, 9.17) is 0 Å². The SMILES string of the molecule is Cc1ccc(S(=O)(=O)N2CCC3(CC2)C(=O)N(CC(=O)NCc2ccccc2)CN3c2ccccc2)cc1. The summed E-state index contributed by atoms with van der Waals surface area (Å²) >= 11 is 0. The van der Waals surface area contributed by atoms with Gasteiger partial charge in [-0.3, -0.25) is 9.59 Å².